The lowest BCUT2D eigenvalue weighted by Crippen LogP contribution is -2.34. The second kappa shape index (κ2) is 6.74. The van der Waals surface area contributed by atoms with Gasteiger partial charge in [-0.2, -0.15) is 0 Å². The van der Waals surface area contributed by atoms with Crippen LogP contribution in [0.5, 0.6) is 0 Å². The number of hydrogen-bond acceptors (Lipinski definition) is 2. The highest BCUT2D eigenvalue weighted by molar-refractivity contribution is 5.73. The van der Waals surface area contributed by atoms with Crippen LogP contribution in [-0.2, 0) is 16.0 Å². The molecule has 0 heterocycles. The van der Waals surface area contributed by atoms with Gasteiger partial charge in [-0.25, -0.2) is 0 Å². The fraction of sp³-hybridized carbons (Fsp3) is 0.588. The molecule has 0 radical (unpaired) electrons. The minimum absolute atomic E-state index is 0.0525. The molecule has 1 unspecified atom stereocenters. The van der Waals surface area contributed by atoms with Crippen LogP contribution >= 0.6 is 0 Å². The Balaban J connectivity index is 2.50. The van der Waals surface area contributed by atoms with Crippen molar-refractivity contribution in [1.82, 2.24) is 0 Å². The van der Waals surface area contributed by atoms with Gasteiger partial charge in [-0.15, -0.1) is 0 Å². The lowest BCUT2D eigenvalue weighted by Gasteiger charge is -2.31. The molecule has 0 saturated carbocycles. The van der Waals surface area contributed by atoms with Crippen LogP contribution in [0.1, 0.15) is 40.2 Å². The van der Waals surface area contributed by atoms with Gasteiger partial charge in [0.1, 0.15) is 0 Å². The van der Waals surface area contributed by atoms with Crippen LogP contribution in [0.25, 0.3) is 0 Å². The van der Waals surface area contributed by atoms with Gasteiger partial charge in [0.15, 0.2) is 0 Å². The van der Waals surface area contributed by atoms with Crippen molar-refractivity contribution in [2.45, 2.75) is 41.0 Å². The zero-order valence-electron chi connectivity index (χ0n) is 12.8. The van der Waals surface area contributed by atoms with Crippen LogP contribution in [-0.4, -0.2) is 12.6 Å². The summed E-state index contributed by atoms with van der Waals surface area (Å²) in [7, 11) is 0. The van der Waals surface area contributed by atoms with Gasteiger partial charge in [0.2, 0.25) is 0 Å². The van der Waals surface area contributed by atoms with Crippen molar-refractivity contribution in [3.63, 3.8) is 0 Å². The number of carbonyl (C=O) groups excluding carboxylic acids is 1. The molecule has 0 bridgehead atoms. The minimum Gasteiger partial charge on any atom is -0.465 e. The van der Waals surface area contributed by atoms with E-state index >= 15 is 0 Å². The number of carbonyl (C=O) groups is 1. The van der Waals surface area contributed by atoms with Crippen molar-refractivity contribution in [1.29, 1.82) is 0 Å². The maximum absolute atomic E-state index is 12.2. The molecular weight excluding hydrogens is 236 g/mol. The first-order valence-electron chi connectivity index (χ1n) is 7.03. The highest BCUT2D eigenvalue weighted by Crippen LogP contribution is 2.33. The Hall–Kier alpha value is -1.31. The van der Waals surface area contributed by atoms with Crippen molar-refractivity contribution < 1.29 is 9.53 Å². The van der Waals surface area contributed by atoms with E-state index < -0.39 is 0 Å². The Labute approximate surface area is 117 Å². The Kier molecular flexibility index (Phi) is 5.59. The van der Waals surface area contributed by atoms with E-state index in [1.165, 1.54) is 5.56 Å². The average molecular weight is 262 g/mol. The molecule has 1 aromatic rings. The van der Waals surface area contributed by atoms with E-state index in [1.807, 2.05) is 18.2 Å². The molecule has 2 nitrogen and oxygen atoms in total. The number of benzene rings is 1. The van der Waals surface area contributed by atoms with E-state index in [4.69, 9.17) is 4.74 Å². The Morgan fingerprint density at radius 1 is 1.16 bits per heavy atom. The fourth-order valence-electron chi connectivity index (χ4n) is 2.63. The van der Waals surface area contributed by atoms with Crippen LogP contribution in [0.4, 0.5) is 0 Å². The van der Waals surface area contributed by atoms with Gasteiger partial charge in [-0.3, -0.25) is 4.79 Å². The predicted molar refractivity (Wildman–Crippen MR) is 78.9 cm³/mol. The molecule has 2 heteroatoms. The minimum atomic E-state index is -0.0709. The largest absolute Gasteiger partial charge is 0.465 e. The van der Waals surface area contributed by atoms with Crippen LogP contribution in [0.2, 0.25) is 0 Å². The monoisotopic (exact) mass is 262 g/mol. The van der Waals surface area contributed by atoms with Crippen LogP contribution < -0.4 is 0 Å². The molecule has 0 aliphatic rings. The molecule has 1 rings (SSSR count). The lowest BCUT2D eigenvalue weighted by molar-refractivity contribution is -0.154. The van der Waals surface area contributed by atoms with E-state index in [1.54, 1.807) is 0 Å². The highest BCUT2D eigenvalue weighted by atomic mass is 16.5. The van der Waals surface area contributed by atoms with Crippen LogP contribution in [0.15, 0.2) is 30.3 Å². The number of rotatable bonds is 5. The smallest absolute Gasteiger partial charge is 0.309 e. The summed E-state index contributed by atoms with van der Waals surface area (Å²) in [5.41, 5.74) is 1.14. The first-order chi connectivity index (χ1) is 8.82. The van der Waals surface area contributed by atoms with E-state index in [9.17, 15) is 4.79 Å². The van der Waals surface area contributed by atoms with Crippen molar-refractivity contribution in [2.24, 2.45) is 17.3 Å². The molecule has 0 saturated heterocycles. The van der Waals surface area contributed by atoms with Crippen molar-refractivity contribution in [2.75, 3.05) is 6.61 Å². The summed E-state index contributed by atoms with van der Waals surface area (Å²) in [6.07, 6.45) is 0.779. The van der Waals surface area contributed by atoms with Gasteiger partial charge in [0.05, 0.1) is 12.5 Å². The molecule has 1 atom stereocenters. The fourth-order valence-corrected chi connectivity index (χ4v) is 2.63. The topological polar surface area (TPSA) is 26.3 Å². The van der Waals surface area contributed by atoms with Gasteiger partial charge in [0.25, 0.3) is 0 Å². The third-order valence-corrected chi connectivity index (χ3v) is 3.33. The number of esters is 1. The Morgan fingerprint density at radius 2 is 1.74 bits per heavy atom. The average Bonchev–Trinajstić information content (AvgIpc) is 2.27. The molecule has 19 heavy (non-hydrogen) atoms. The standard InChI is InChI=1S/C17H26O2/c1-13(2)15(17(3,4)5)16(18)19-12-11-14-9-7-6-8-10-14/h6-10,13,15H,11-12H2,1-5H3. The summed E-state index contributed by atoms with van der Waals surface area (Å²) in [6, 6.07) is 10.1. The number of hydrogen-bond donors (Lipinski definition) is 0. The number of ether oxygens (including phenoxy) is 1. The quantitative estimate of drug-likeness (QED) is 0.747. The first kappa shape index (κ1) is 15.7. The SMILES string of the molecule is CC(C)C(C(=O)OCCc1ccccc1)C(C)(C)C. The third kappa shape index (κ3) is 5.06. The van der Waals surface area contributed by atoms with Crippen LogP contribution in [0.3, 0.4) is 0 Å². The summed E-state index contributed by atoms with van der Waals surface area (Å²) >= 11 is 0. The van der Waals surface area contributed by atoms with E-state index in [2.05, 4.69) is 46.8 Å². The van der Waals surface area contributed by atoms with Gasteiger partial charge >= 0.3 is 5.97 Å². The molecule has 0 N–H and O–H groups in total. The molecular formula is C17H26O2. The molecule has 106 valence electrons. The maximum atomic E-state index is 12.2. The Morgan fingerprint density at radius 3 is 2.21 bits per heavy atom. The summed E-state index contributed by atoms with van der Waals surface area (Å²) < 4.78 is 5.46. The second-order valence-corrected chi connectivity index (χ2v) is 6.49. The molecule has 0 fully saturated rings. The zero-order valence-corrected chi connectivity index (χ0v) is 12.8. The van der Waals surface area contributed by atoms with E-state index in [-0.39, 0.29) is 17.3 Å². The van der Waals surface area contributed by atoms with Crippen molar-refractivity contribution >= 4 is 5.97 Å². The maximum Gasteiger partial charge on any atom is 0.309 e. The van der Waals surface area contributed by atoms with Crippen molar-refractivity contribution in [3.05, 3.63) is 35.9 Å². The van der Waals surface area contributed by atoms with Crippen LogP contribution in [0, 0.1) is 17.3 Å². The molecule has 0 aromatic heterocycles. The first-order valence-corrected chi connectivity index (χ1v) is 7.03. The summed E-state index contributed by atoms with van der Waals surface area (Å²) in [6.45, 7) is 10.9. The summed E-state index contributed by atoms with van der Waals surface area (Å²) in [4.78, 5) is 12.2. The van der Waals surface area contributed by atoms with E-state index in [0.717, 1.165) is 6.42 Å². The molecule has 0 amide bonds. The third-order valence-electron chi connectivity index (χ3n) is 3.33. The zero-order chi connectivity index (χ0) is 14.5. The van der Waals surface area contributed by atoms with Gasteiger partial charge in [0, 0.05) is 6.42 Å². The summed E-state index contributed by atoms with van der Waals surface area (Å²) in [5, 5.41) is 0. The molecule has 0 spiro atoms. The van der Waals surface area contributed by atoms with Gasteiger partial charge in [-0.1, -0.05) is 65.0 Å². The normalized spacial score (nSPS) is 13.4. The van der Waals surface area contributed by atoms with Gasteiger partial charge in [-0.05, 0) is 16.9 Å². The lowest BCUT2D eigenvalue weighted by atomic mass is 9.74. The van der Waals surface area contributed by atoms with E-state index in [0.29, 0.717) is 12.5 Å². The van der Waals surface area contributed by atoms with Gasteiger partial charge < -0.3 is 4.74 Å². The second-order valence-electron chi connectivity index (χ2n) is 6.49. The van der Waals surface area contributed by atoms with Crippen molar-refractivity contribution in [3.8, 4) is 0 Å². The summed E-state index contributed by atoms with van der Waals surface area (Å²) in [5.74, 6) is 0.172. The molecule has 0 aliphatic carbocycles. The Bertz CT molecular complexity index is 387. The molecule has 1 aromatic carbocycles. The molecule has 0 aliphatic heterocycles. The highest BCUT2D eigenvalue weighted by Gasteiger charge is 2.34. The predicted octanol–water partition coefficient (Wildman–Crippen LogP) is 4.09.